The predicted octanol–water partition coefficient (Wildman–Crippen LogP) is 4.74. The van der Waals surface area contributed by atoms with Gasteiger partial charge in [-0.15, -0.1) is 11.8 Å². The normalized spacial score (nSPS) is 16.7. The van der Waals surface area contributed by atoms with Gasteiger partial charge in [-0.3, -0.25) is 9.69 Å². The molecule has 27 heavy (non-hydrogen) atoms. The summed E-state index contributed by atoms with van der Waals surface area (Å²) in [6.07, 6.45) is 2.04. The van der Waals surface area contributed by atoms with Gasteiger partial charge in [-0.2, -0.15) is 0 Å². The van der Waals surface area contributed by atoms with Crippen LogP contribution in [0.1, 0.15) is 12.8 Å². The number of amides is 1. The smallest absolute Gasteiger partial charge is 0.239 e. The number of thiazole rings is 1. The Bertz CT molecular complexity index is 890. The highest BCUT2D eigenvalue weighted by atomic mass is 32.2. The van der Waals surface area contributed by atoms with E-state index in [-0.39, 0.29) is 23.6 Å². The third-order valence-electron chi connectivity index (χ3n) is 4.40. The summed E-state index contributed by atoms with van der Waals surface area (Å²) in [5.41, 5.74) is 0.897. The molecule has 0 N–H and O–H groups in total. The summed E-state index contributed by atoms with van der Waals surface area (Å²) < 4.78 is 19.9. The van der Waals surface area contributed by atoms with Crippen LogP contribution in [0.15, 0.2) is 53.4 Å². The first-order valence-electron chi connectivity index (χ1n) is 8.85. The van der Waals surface area contributed by atoms with Crippen LogP contribution in [0, 0.1) is 5.82 Å². The van der Waals surface area contributed by atoms with Crippen molar-refractivity contribution < 1.29 is 13.9 Å². The molecule has 7 heteroatoms. The van der Waals surface area contributed by atoms with E-state index in [1.165, 1.54) is 35.2 Å². The van der Waals surface area contributed by atoms with Crippen LogP contribution in [0.4, 0.5) is 9.52 Å². The van der Waals surface area contributed by atoms with E-state index in [0.29, 0.717) is 11.7 Å². The van der Waals surface area contributed by atoms with E-state index in [0.717, 1.165) is 34.6 Å². The lowest BCUT2D eigenvalue weighted by Gasteiger charge is -2.23. The Balaban J connectivity index is 1.52. The topological polar surface area (TPSA) is 42.4 Å². The molecule has 1 amide bonds. The summed E-state index contributed by atoms with van der Waals surface area (Å²) in [6, 6.07) is 14.1. The lowest BCUT2D eigenvalue weighted by Crippen LogP contribution is -2.38. The van der Waals surface area contributed by atoms with Gasteiger partial charge in [0.2, 0.25) is 5.91 Å². The number of carbonyl (C=O) groups is 1. The van der Waals surface area contributed by atoms with Gasteiger partial charge in [0.05, 0.1) is 28.6 Å². The van der Waals surface area contributed by atoms with Gasteiger partial charge < -0.3 is 4.74 Å². The number of ether oxygens (including phenoxy) is 1. The average molecular weight is 403 g/mol. The molecule has 0 spiro atoms. The third kappa shape index (κ3) is 4.48. The number of fused-ring (bicyclic) bond motifs is 1. The lowest BCUT2D eigenvalue weighted by molar-refractivity contribution is -0.116. The van der Waals surface area contributed by atoms with Crippen molar-refractivity contribution in [3.05, 3.63) is 54.3 Å². The summed E-state index contributed by atoms with van der Waals surface area (Å²) >= 11 is 2.92. The van der Waals surface area contributed by atoms with Gasteiger partial charge in [0.15, 0.2) is 5.13 Å². The quantitative estimate of drug-likeness (QED) is 0.559. The van der Waals surface area contributed by atoms with Crippen LogP contribution in [-0.4, -0.2) is 35.9 Å². The molecule has 1 saturated heterocycles. The first-order chi connectivity index (χ1) is 13.2. The maximum absolute atomic E-state index is 13.1. The van der Waals surface area contributed by atoms with Crippen LogP contribution in [0.25, 0.3) is 10.2 Å². The zero-order valence-electron chi connectivity index (χ0n) is 14.6. The molecule has 2 heterocycles. The fourth-order valence-electron chi connectivity index (χ4n) is 3.01. The number of aromatic nitrogens is 1. The molecule has 4 nitrogen and oxygen atoms in total. The van der Waals surface area contributed by atoms with Gasteiger partial charge in [0, 0.05) is 11.5 Å². The first kappa shape index (κ1) is 18.4. The monoisotopic (exact) mass is 402 g/mol. The zero-order chi connectivity index (χ0) is 18.6. The molecule has 1 fully saturated rings. The summed E-state index contributed by atoms with van der Waals surface area (Å²) in [6.45, 7) is 1.26. The average Bonchev–Trinajstić information content (AvgIpc) is 3.34. The number of carbonyl (C=O) groups excluding carboxylic acids is 1. The Morgan fingerprint density at radius 1 is 1.26 bits per heavy atom. The van der Waals surface area contributed by atoms with Gasteiger partial charge in [-0.1, -0.05) is 23.5 Å². The van der Waals surface area contributed by atoms with E-state index in [1.54, 1.807) is 17.0 Å². The van der Waals surface area contributed by atoms with Crippen LogP contribution < -0.4 is 4.90 Å². The number of rotatable bonds is 6. The second-order valence-electron chi connectivity index (χ2n) is 6.35. The van der Waals surface area contributed by atoms with Crippen LogP contribution in [0.5, 0.6) is 0 Å². The van der Waals surface area contributed by atoms with Crippen LogP contribution in [-0.2, 0) is 9.53 Å². The van der Waals surface area contributed by atoms with Crippen molar-refractivity contribution in [2.24, 2.45) is 0 Å². The fourth-order valence-corrected chi connectivity index (χ4v) is 4.77. The number of hydrogen-bond acceptors (Lipinski definition) is 5. The van der Waals surface area contributed by atoms with Crippen molar-refractivity contribution in [1.82, 2.24) is 4.98 Å². The number of anilines is 1. The van der Waals surface area contributed by atoms with Crippen molar-refractivity contribution in [3.63, 3.8) is 0 Å². The number of halogens is 1. The van der Waals surface area contributed by atoms with E-state index in [2.05, 4.69) is 4.98 Å². The lowest BCUT2D eigenvalue weighted by atomic mass is 10.2. The third-order valence-corrected chi connectivity index (χ3v) is 6.46. The zero-order valence-corrected chi connectivity index (χ0v) is 16.3. The minimum atomic E-state index is -0.278. The van der Waals surface area contributed by atoms with Crippen molar-refractivity contribution in [3.8, 4) is 0 Å². The molecule has 140 valence electrons. The molecular weight excluding hydrogens is 383 g/mol. The molecule has 0 aliphatic carbocycles. The summed E-state index contributed by atoms with van der Waals surface area (Å²) in [5, 5.41) is 0.705. The Labute approximate surface area is 165 Å². The summed E-state index contributed by atoms with van der Waals surface area (Å²) in [4.78, 5) is 20.3. The van der Waals surface area contributed by atoms with Gasteiger partial charge in [-0.25, -0.2) is 9.37 Å². The first-order valence-corrected chi connectivity index (χ1v) is 10.7. The minimum absolute atomic E-state index is 0.0149. The molecule has 4 rings (SSSR count). The van der Waals surface area contributed by atoms with Gasteiger partial charge >= 0.3 is 0 Å². The van der Waals surface area contributed by atoms with Crippen LogP contribution in [0.2, 0.25) is 0 Å². The number of para-hydroxylation sites is 1. The highest BCUT2D eigenvalue weighted by molar-refractivity contribution is 8.00. The number of nitrogens with zero attached hydrogens (tertiary/aromatic N) is 2. The Hall–Kier alpha value is -1.96. The Morgan fingerprint density at radius 2 is 2.07 bits per heavy atom. The van der Waals surface area contributed by atoms with E-state index in [4.69, 9.17) is 4.74 Å². The molecule has 1 atom stereocenters. The summed E-state index contributed by atoms with van der Waals surface area (Å²) in [7, 11) is 0. The SMILES string of the molecule is O=C(CSc1ccc(F)cc1)N(C[C@@H]1CCCO1)c1nc2ccccc2s1. The maximum atomic E-state index is 13.1. The van der Waals surface area contributed by atoms with E-state index < -0.39 is 0 Å². The molecule has 0 saturated carbocycles. The Kier molecular flexibility index (Phi) is 5.71. The predicted molar refractivity (Wildman–Crippen MR) is 108 cm³/mol. The largest absolute Gasteiger partial charge is 0.376 e. The molecule has 0 unspecified atom stereocenters. The molecule has 3 aromatic rings. The minimum Gasteiger partial charge on any atom is -0.376 e. The standard InChI is InChI=1S/C20H19FN2O2S2/c21-14-7-9-16(10-8-14)26-13-19(24)23(12-15-4-3-11-25-15)20-22-17-5-1-2-6-18(17)27-20/h1-2,5-10,15H,3-4,11-13H2/t15-/m0/s1. The van der Waals surface area contributed by atoms with Crippen molar-refractivity contribution in [1.29, 1.82) is 0 Å². The Morgan fingerprint density at radius 3 is 2.81 bits per heavy atom. The van der Waals surface area contributed by atoms with Crippen molar-refractivity contribution in [2.75, 3.05) is 23.8 Å². The second-order valence-corrected chi connectivity index (χ2v) is 8.40. The second kappa shape index (κ2) is 8.37. The number of thioether (sulfide) groups is 1. The van der Waals surface area contributed by atoms with Crippen molar-refractivity contribution in [2.45, 2.75) is 23.8 Å². The van der Waals surface area contributed by atoms with Gasteiger partial charge in [0.1, 0.15) is 5.82 Å². The van der Waals surface area contributed by atoms with E-state index in [1.807, 2.05) is 24.3 Å². The van der Waals surface area contributed by atoms with Gasteiger partial charge in [-0.05, 0) is 49.2 Å². The summed E-state index contributed by atoms with van der Waals surface area (Å²) in [5.74, 6) is -0.0205. The van der Waals surface area contributed by atoms with E-state index in [9.17, 15) is 9.18 Å². The van der Waals surface area contributed by atoms with Gasteiger partial charge in [0.25, 0.3) is 0 Å². The number of benzene rings is 2. The molecule has 1 aliphatic heterocycles. The molecular formula is C20H19FN2O2S2. The molecule has 2 aromatic carbocycles. The maximum Gasteiger partial charge on any atom is 0.239 e. The molecule has 1 aliphatic rings. The van der Waals surface area contributed by atoms with E-state index >= 15 is 0 Å². The molecule has 0 radical (unpaired) electrons. The molecule has 1 aromatic heterocycles. The molecule has 0 bridgehead atoms. The highest BCUT2D eigenvalue weighted by Gasteiger charge is 2.26. The highest BCUT2D eigenvalue weighted by Crippen LogP contribution is 2.30. The van der Waals surface area contributed by atoms with Crippen LogP contribution in [0.3, 0.4) is 0 Å². The fraction of sp³-hybridized carbons (Fsp3) is 0.300. The van der Waals surface area contributed by atoms with Crippen molar-refractivity contribution >= 4 is 44.4 Å². The number of hydrogen-bond donors (Lipinski definition) is 0. The van der Waals surface area contributed by atoms with Crippen LogP contribution >= 0.6 is 23.1 Å².